The highest BCUT2D eigenvalue weighted by Crippen LogP contribution is 2.31. The molecule has 0 saturated heterocycles. The minimum absolute atomic E-state index is 0.831. The summed E-state index contributed by atoms with van der Waals surface area (Å²) in [4.78, 5) is 0. The van der Waals surface area contributed by atoms with Gasteiger partial charge in [0.25, 0.3) is 0 Å². The molecule has 0 saturated carbocycles. The zero-order valence-corrected chi connectivity index (χ0v) is 12.2. The number of rotatable bonds is 1. The molecule has 0 fully saturated rings. The second-order valence-corrected chi connectivity index (χ2v) is 5.43. The van der Waals surface area contributed by atoms with Crippen molar-refractivity contribution in [1.29, 1.82) is 0 Å². The summed E-state index contributed by atoms with van der Waals surface area (Å²) in [6, 6.07) is 14.2. The molecule has 0 bridgehead atoms. The van der Waals surface area contributed by atoms with Gasteiger partial charge in [0, 0.05) is 18.4 Å². The molecule has 2 aromatic rings. The third-order valence-electron chi connectivity index (χ3n) is 2.20. The predicted octanol–water partition coefficient (Wildman–Crippen LogP) is 4.15. The van der Waals surface area contributed by atoms with Crippen molar-refractivity contribution in [3.05, 3.63) is 49.6 Å². The van der Waals surface area contributed by atoms with Crippen LogP contribution in [-0.2, 0) is 0 Å². The molecule has 1 nitrogen and oxygen atoms in total. The minimum atomic E-state index is 0.831. The molecule has 2 rings (SSSR count). The average Bonchev–Trinajstić information content (AvgIpc) is 2.23. The maximum atomic E-state index is 5.97. The summed E-state index contributed by atoms with van der Waals surface area (Å²) in [5.41, 5.74) is 9.12. The summed E-state index contributed by atoms with van der Waals surface area (Å²) in [6.45, 7) is 0. The molecule has 0 aromatic heterocycles. The van der Waals surface area contributed by atoms with E-state index in [9.17, 15) is 0 Å². The Balaban J connectivity index is 2.65. The van der Waals surface area contributed by atoms with Crippen LogP contribution < -0.4 is 5.73 Å². The van der Waals surface area contributed by atoms with Crippen molar-refractivity contribution >= 4 is 50.9 Å². The zero-order chi connectivity index (χ0) is 10.8. The molecule has 0 radical (unpaired) electrons. The van der Waals surface area contributed by atoms with Crippen LogP contribution in [0, 0.1) is 7.14 Å². The maximum absolute atomic E-state index is 5.97. The molecule has 0 aliphatic heterocycles. The molecule has 2 N–H and O–H groups in total. The van der Waals surface area contributed by atoms with E-state index in [1.807, 2.05) is 18.2 Å². The first-order chi connectivity index (χ1) is 7.20. The normalized spacial score (nSPS) is 10.3. The summed E-state index contributed by atoms with van der Waals surface area (Å²) in [5.74, 6) is 0. The Morgan fingerprint density at radius 2 is 1.47 bits per heavy atom. The van der Waals surface area contributed by atoms with Crippen LogP contribution in [0.4, 0.5) is 5.69 Å². The summed E-state index contributed by atoms with van der Waals surface area (Å²) < 4.78 is 2.52. The van der Waals surface area contributed by atoms with Gasteiger partial charge < -0.3 is 5.73 Å². The van der Waals surface area contributed by atoms with E-state index in [4.69, 9.17) is 5.73 Å². The topological polar surface area (TPSA) is 26.0 Å². The number of nitrogens with two attached hydrogens (primary N) is 1. The standard InChI is InChI=1S/C12H9I2N/c13-10-6-3-5-9(12(10)14)8-4-1-2-7-11(8)15/h1-7H,15H2. The quantitative estimate of drug-likeness (QED) is 0.544. The molecule has 0 amide bonds. The lowest BCUT2D eigenvalue weighted by atomic mass is 10.0. The van der Waals surface area contributed by atoms with Crippen molar-refractivity contribution in [2.24, 2.45) is 0 Å². The summed E-state index contributed by atoms with van der Waals surface area (Å²) in [7, 11) is 0. The molecule has 0 spiro atoms. The van der Waals surface area contributed by atoms with Gasteiger partial charge in [0.15, 0.2) is 0 Å². The molecular formula is C12H9I2N. The lowest BCUT2D eigenvalue weighted by Gasteiger charge is -2.08. The Bertz CT molecular complexity index is 495. The van der Waals surface area contributed by atoms with Crippen LogP contribution in [0.3, 0.4) is 0 Å². The van der Waals surface area contributed by atoms with Crippen LogP contribution in [0.25, 0.3) is 11.1 Å². The van der Waals surface area contributed by atoms with Crippen molar-refractivity contribution in [2.45, 2.75) is 0 Å². The van der Waals surface area contributed by atoms with Crippen molar-refractivity contribution in [1.82, 2.24) is 0 Å². The molecule has 0 unspecified atom stereocenters. The third-order valence-corrected chi connectivity index (χ3v) is 5.30. The number of anilines is 1. The van der Waals surface area contributed by atoms with E-state index in [1.54, 1.807) is 0 Å². The fraction of sp³-hybridized carbons (Fsp3) is 0. The Morgan fingerprint density at radius 3 is 2.20 bits per heavy atom. The number of para-hydroxylation sites is 1. The molecular weight excluding hydrogens is 412 g/mol. The first-order valence-electron chi connectivity index (χ1n) is 4.49. The zero-order valence-electron chi connectivity index (χ0n) is 7.87. The fourth-order valence-corrected chi connectivity index (χ4v) is 2.60. The predicted molar refractivity (Wildman–Crippen MR) is 81.7 cm³/mol. The van der Waals surface area contributed by atoms with Crippen molar-refractivity contribution < 1.29 is 0 Å². The van der Waals surface area contributed by atoms with Gasteiger partial charge in [-0.2, -0.15) is 0 Å². The van der Waals surface area contributed by atoms with Crippen LogP contribution >= 0.6 is 45.2 Å². The third kappa shape index (κ3) is 2.28. The number of benzene rings is 2. The van der Waals surface area contributed by atoms with Crippen molar-refractivity contribution in [2.75, 3.05) is 5.73 Å². The van der Waals surface area contributed by atoms with E-state index in [1.165, 1.54) is 12.7 Å². The average molecular weight is 421 g/mol. The Morgan fingerprint density at radius 1 is 0.800 bits per heavy atom. The summed E-state index contributed by atoms with van der Waals surface area (Å²) in [6.07, 6.45) is 0. The summed E-state index contributed by atoms with van der Waals surface area (Å²) in [5, 5.41) is 0. The molecule has 3 heteroatoms. The van der Waals surface area contributed by atoms with Gasteiger partial charge in [-0.3, -0.25) is 0 Å². The second-order valence-electron chi connectivity index (χ2n) is 3.19. The molecule has 0 heterocycles. The van der Waals surface area contributed by atoms with E-state index in [-0.39, 0.29) is 0 Å². The van der Waals surface area contributed by atoms with Gasteiger partial charge in [-0.05, 0) is 62.9 Å². The van der Waals surface area contributed by atoms with Gasteiger partial charge in [0.1, 0.15) is 0 Å². The van der Waals surface area contributed by atoms with E-state index in [2.05, 4.69) is 69.4 Å². The van der Waals surface area contributed by atoms with Crippen LogP contribution in [0.1, 0.15) is 0 Å². The SMILES string of the molecule is Nc1ccccc1-c1cccc(I)c1I. The van der Waals surface area contributed by atoms with Gasteiger partial charge in [0.2, 0.25) is 0 Å². The Kier molecular flexibility index (Phi) is 3.50. The fourth-order valence-electron chi connectivity index (χ4n) is 1.45. The van der Waals surface area contributed by atoms with Gasteiger partial charge in [-0.1, -0.05) is 30.3 Å². The molecule has 0 aliphatic carbocycles. The summed E-state index contributed by atoms with van der Waals surface area (Å²) >= 11 is 4.70. The van der Waals surface area contributed by atoms with Crippen LogP contribution in [0.2, 0.25) is 0 Å². The molecule has 15 heavy (non-hydrogen) atoms. The van der Waals surface area contributed by atoms with Gasteiger partial charge in [-0.15, -0.1) is 0 Å². The lowest BCUT2D eigenvalue weighted by molar-refractivity contribution is 1.54. The Hall–Kier alpha value is -0.300. The van der Waals surface area contributed by atoms with E-state index in [0.29, 0.717) is 0 Å². The number of nitrogen functional groups attached to an aromatic ring is 1. The first-order valence-corrected chi connectivity index (χ1v) is 6.65. The highest BCUT2D eigenvalue weighted by molar-refractivity contribution is 14.1. The van der Waals surface area contributed by atoms with Crippen LogP contribution in [-0.4, -0.2) is 0 Å². The first kappa shape index (κ1) is 11.2. The van der Waals surface area contributed by atoms with E-state index < -0.39 is 0 Å². The van der Waals surface area contributed by atoms with E-state index in [0.717, 1.165) is 11.3 Å². The van der Waals surface area contributed by atoms with Gasteiger partial charge in [-0.25, -0.2) is 0 Å². The van der Waals surface area contributed by atoms with Crippen LogP contribution in [0.15, 0.2) is 42.5 Å². The monoisotopic (exact) mass is 421 g/mol. The molecule has 0 atom stereocenters. The number of halogens is 2. The smallest absolute Gasteiger partial charge is 0.0394 e. The van der Waals surface area contributed by atoms with Crippen LogP contribution in [0.5, 0.6) is 0 Å². The largest absolute Gasteiger partial charge is 0.398 e. The molecule has 2 aromatic carbocycles. The second kappa shape index (κ2) is 4.69. The van der Waals surface area contributed by atoms with Crippen molar-refractivity contribution in [3.63, 3.8) is 0 Å². The van der Waals surface area contributed by atoms with E-state index >= 15 is 0 Å². The Labute approximate surface area is 116 Å². The maximum Gasteiger partial charge on any atom is 0.0394 e. The molecule has 0 aliphatic rings. The minimum Gasteiger partial charge on any atom is -0.398 e. The molecule has 76 valence electrons. The van der Waals surface area contributed by atoms with Crippen molar-refractivity contribution in [3.8, 4) is 11.1 Å². The number of hydrogen-bond donors (Lipinski definition) is 1. The number of hydrogen-bond acceptors (Lipinski definition) is 1. The van der Waals surface area contributed by atoms with Gasteiger partial charge >= 0.3 is 0 Å². The lowest BCUT2D eigenvalue weighted by Crippen LogP contribution is -1.92. The van der Waals surface area contributed by atoms with Gasteiger partial charge in [0.05, 0.1) is 0 Å². The highest BCUT2D eigenvalue weighted by atomic mass is 127. The highest BCUT2D eigenvalue weighted by Gasteiger charge is 2.07.